The quantitative estimate of drug-likeness (QED) is 0.413. The summed E-state index contributed by atoms with van der Waals surface area (Å²) >= 11 is 0. The Labute approximate surface area is 192 Å². The van der Waals surface area contributed by atoms with E-state index < -0.39 is 25.0 Å². The van der Waals surface area contributed by atoms with E-state index in [2.05, 4.69) is 110 Å². The van der Waals surface area contributed by atoms with Gasteiger partial charge in [0.05, 0.1) is 0 Å². The van der Waals surface area contributed by atoms with Gasteiger partial charge in [0, 0.05) is 19.8 Å². The predicted molar refractivity (Wildman–Crippen MR) is 140 cm³/mol. The lowest BCUT2D eigenvalue weighted by molar-refractivity contribution is 0.201. The summed E-state index contributed by atoms with van der Waals surface area (Å²) in [6, 6.07) is 21.7. The van der Waals surface area contributed by atoms with Crippen LogP contribution < -0.4 is 10.4 Å². The summed E-state index contributed by atoms with van der Waals surface area (Å²) < 4.78 is 18.4. The Balaban J connectivity index is 2.71. The molecular formula is C25H38O3Si3. The molecule has 0 unspecified atom stereocenters. The van der Waals surface area contributed by atoms with Crippen molar-refractivity contribution in [3.63, 3.8) is 0 Å². The molecule has 31 heavy (non-hydrogen) atoms. The standard InChI is InChI=1S/C25H38O3Si3/c1-7-26-29(4,5)20-22-31(24-16-12-10-13-17-24,25-18-14-11-15-19-25)23-21-30(6,27-8-2)28-9-3/h10-23H,7-9H2,1-6H3. The molecule has 2 rings (SSSR count). The van der Waals surface area contributed by atoms with Gasteiger partial charge in [0.15, 0.2) is 8.07 Å². The second-order valence-electron chi connectivity index (χ2n) is 8.19. The Hall–Kier alpha value is -1.55. The molecule has 0 aliphatic rings. The normalized spacial score (nSPS) is 13.4. The molecule has 0 spiro atoms. The minimum Gasteiger partial charge on any atom is -0.414 e. The first-order valence-electron chi connectivity index (χ1n) is 11.2. The molecule has 0 heterocycles. The highest BCUT2D eigenvalue weighted by atomic mass is 28.4. The van der Waals surface area contributed by atoms with Crippen LogP contribution in [0.5, 0.6) is 0 Å². The number of benzene rings is 2. The molecule has 0 saturated carbocycles. The Bertz CT molecular complexity index is 790. The van der Waals surface area contributed by atoms with E-state index in [1.54, 1.807) is 0 Å². The number of hydrogen-bond acceptors (Lipinski definition) is 3. The Morgan fingerprint density at radius 1 is 0.581 bits per heavy atom. The maximum Gasteiger partial charge on any atom is 0.361 e. The van der Waals surface area contributed by atoms with Crippen molar-refractivity contribution in [3.05, 3.63) is 83.5 Å². The first-order valence-corrected chi connectivity index (χ1v) is 18.8. The molecule has 0 radical (unpaired) electrons. The van der Waals surface area contributed by atoms with Crippen molar-refractivity contribution in [1.82, 2.24) is 0 Å². The predicted octanol–water partition coefficient (Wildman–Crippen LogP) is 4.91. The van der Waals surface area contributed by atoms with E-state index in [1.165, 1.54) is 10.4 Å². The largest absolute Gasteiger partial charge is 0.414 e. The zero-order chi connectivity index (χ0) is 22.8. The average Bonchev–Trinajstić information content (AvgIpc) is 2.76. The molecule has 2 aromatic rings. The van der Waals surface area contributed by atoms with Crippen LogP contribution in [0.25, 0.3) is 0 Å². The lowest BCUT2D eigenvalue weighted by atomic mass is 10.4. The first kappa shape index (κ1) is 25.7. The zero-order valence-corrected chi connectivity index (χ0v) is 22.9. The molecule has 0 amide bonds. The van der Waals surface area contributed by atoms with E-state index in [0.29, 0.717) is 13.2 Å². The van der Waals surface area contributed by atoms with Crippen LogP contribution in [-0.2, 0) is 13.3 Å². The van der Waals surface area contributed by atoms with Crippen molar-refractivity contribution < 1.29 is 13.3 Å². The summed E-state index contributed by atoms with van der Waals surface area (Å²) in [5.74, 6) is 0. The molecule has 0 aromatic heterocycles. The molecule has 0 aliphatic heterocycles. The fourth-order valence-electron chi connectivity index (χ4n) is 3.78. The van der Waals surface area contributed by atoms with Gasteiger partial charge in [-0.1, -0.05) is 77.8 Å². The summed E-state index contributed by atoms with van der Waals surface area (Å²) in [4.78, 5) is 0. The third-order valence-electron chi connectivity index (χ3n) is 5.28. The second kappa shape index (κ2) is 11.9. The fourth-order valence-corrected chi connectivity index (χ4v) is 13.7. The molecule has 2 aromatic carbocycles. The molecule has 3 nitrogen and oxygen atoms in total. The van der Waals surface area contributed by atoms with Crippen molar-refractivity contribution in [2.24, 2.45) is 0 Å². The van der Waals surface area contributed by atoms with Gasteiger partial charge in [-0.2, -0.15) is 0 Å². The molecule has 0 atom stereocenters. The third-order valence-corrected chi connectivity index (χ3v) is 14.4. The Morgan fingerprint density at radius 2 is 1.00 bits per heavy atom. The van der Waals surface area contributed by atoms with Gasteiger partial charge < -0.3 is 13.3 Å². The highest BCUT2D eigenvalue weighted by Gasteiger charge is 2.36. The van der Waals surface area contributed by atoms with E-state index in [0.717, 1.165) is 6.61 Å². The molecule has 0 bridgehead atoms. The van der Waals surface area contributed by atoms with Crippen LogP contribution in [-0.4, -0.2) is 44.8 Å². The van der Waals surface area contributed by atoms with Crippen LogP contribution >= 0.6 is 0 Å². The molecule has 0 fully saturated rings. The van der Waals surface area contributed by atoms with Crippen LogP contribution in [0.1, 0.15) is 20.8 Å². The molecule has 0 N–H and O–H groups in total. The molecular weight excluding hydrogens is 433 g/mol. The van der Waals surface area contributed by atoms with Crippen LogP contribution in [0, 0.1) is 0 Å². The van der Waals surface area contributed by atoms with Crippen LogP contribution in [0.15, 0.2) is 83.5 Å². The summed E-state index contributed by atoms with van der Waals surface area (Å²) in [5, 5.41) is 2.69. The smallest absolute Gasteiger partial charge is 0.361 e. The molecule has 168 valence electrons. The zero-order valence-electron chi connectivity index (χ0n) is 19.9. The second-order valence-corrected chi connectivity index (χ2v) is 18.5. The topological polar surface area (TPSA) is 27.7 Å². The van der Waals surface area contributed by atoms with Crippen LogP contribution in [0.3, 0.4) is 0 Å². The molecule has 0 saturated heterocycles. The summed E-state index contributed by atoms with van der Waals surface area (Å²) in [6.45, 7) is 14.8. The molecule has 6 heteroatoms. The number of hydrogen-bond donors (Lipinski definition) is 0. The van der Waals surface area contributed by atoms with Gasteiger partial charge >= 0.3 is 8.56 Å². The SMILES string of the molecule is CCO[Si](C)(C)C=C[Si](C=C[Si](C)(OCC)OCC)(c1ccccc1)c1ccccc1. The van der Waals surface area contributed by atoms with Gasteiger partial charge in [0.1, 0.15) is 0 Å². The average molecular weight is 471 g/mol. The first-order chi connectivity index (χ1) is 14.8. The van der Waals surface area contributed by atoms with Gasteiger partial charge in [-0.3, -0.25) is 0 Å². The van der Waals surface area contributed by atoms with Crippen molar-refractivity contribution in [1.29, 1.82) is 0 Å². The summed E-state index contributed by atoms with van der Waals surface area (Å²) in [7, 11) is -6.72. The Morgan fingerprint density at radius 3 is 1.42 bits per heavy atom. The number of rotatable bonds is 12. The van der Waals surface area contributed by atoms with E-state index in [1.807, 2.05) is 13.8 Å². The lowest BCUT2D eigenvalue weighted by Gasteiger charge is -2.30. The van der Waals surface area contributed by atoms with E-state index in [9.17, 15) is 0 Å². The van der Waals surface area contributed by atoms with Gasteiger partial charge in [-0.15, -0.1) is 0 Å². The Kier molecular flexibility index (Phi) is 9.87. The minimum atomic E-state index is -2.41. The summed E-state index contributed by atoms with van der Waals surface area (Å²) in [5.41, 5.74) is 9.50. The molecule has 0 aliphatic carbocycles. The van der Waals surface area contributed by atoms with Crippen molar-refractivity contribution in [2.75, 3.05) is 19.8 Å². The van der Waals surface area contributed by atoms with Crippen LogP contribution in [0.4, 0.5) is 0 Å². The van der Waals surface area contributed by atoms with Gasteiger partial charge in [0.25, 0.3) is 0 Å². The van der Waals surface area contributed by atoms with Gasteiger partial charge in [-0.05, 0) is 56.5 Å². The third kappa shape index (κ3) is 7.24. The van der Waals surface area contributed by atoms with Crippen molar-refractivity contribution in [2.45, 2.75) is 40.4 Å². The minimum absolute atomic E-state index is 0.651. The van der Waals surface area contributed by atoms with Crippen molar-refractivity contribution >= 4 is 35.3 Å². The van der Waals surface area contributed by atoms with Gasteiger partial charge in [0.2, 0.25) is 8.32 Å². The lowest BCUT2D eigenvalue weighted by Crippen LogP contribution is -2.57. The highest BCUT2D eigenvalue weighted by molar-refractivity contribution is 7.10. The fraction of sp³-hybridized carbons (Fsp3) is 0.360. The van der Waals surface area contributed by atoms with E-state index in [4.69, 9.17) is 13.3 Å². The van der Waals surface area contributed by atoms with Gasteiger partial charge in [-0.25, -0.2) is 0 Å². The van der Waals surface area contributed by atoms with Crippen LogP contribution in [0.2, 0.25) is 19.6 Å². The van der Waals surface area contributed by atoms with Crippen molar-refractivity contribution in [3.8, 4) is 0 Å². The van der Waals surface area contributed by atoms with E-state index in [-0.39, 0.29) is 0 Å². The monoisotopic (exact) mass is 470 g/mol. The maximum absolute atomic E-state index is 6.13. The van der Waals surface area contributed by atoms with E-state index >= 15 is 0 Å². The highest BCUT2D eigenvalue weighted by Crippen LogP contribution is 2.17. The maximum atomic E-state index is 6.13. The summed E-state index contributed by atoms with van der Waals surface area (Å²) in [6.07, 6.45) is 0.